The summed E-state index contributed by atoms with van der Waals surface area (Å²) in [5, 5.41) is 0. The van der Waals surface area contributed by atoms with Crippen molar-refractivity contribution in [3.63, 3.8) is 0 Å². The van der Waals surface area contributed by atoms with Crippen LogP contribution in [0.2, 0.25) is 0 Å². The van der Waals surface area contributed by atoms with Crippen LogP contribution in [0, 0.1) is 0 Å². The van der Waals surface area contributed by atoms with Crippen LogP contribution in [0.5, 0.6) is 0 Å². The summed E-state index contributed by atoms with van der Waals surface area (Å²) in [4.78, 5) is 1.95. The van der Waals surface area contributed by atoms with Gasteiger partial charge in [-0.05, 0) is 12.1 Å². The largest absolute Gasteiger partial charge is 0.401 e. The minimum absolute atomic E-state index is 0.0620. The van der Waals surface area contributed by atoms with Gasteiger partial charge < -0.3 is 0 Å². The van der Waals surface area contributed by atoms with Gasteiger partial charge in [-0.1, -0.05) is 0 Å². The van der Waals surface area contributed by atoms with Gasteiger partial charge in [0.15, 0.2) is 0 Å². The van der Waals surface area contributed by atoms with E-state index in [-0.39, 0.29) is 36.3 Å². The molecule has 0 spiro atoms. The molecule has 1 aliphatic heterocycles. The zero-order valence-corrected chi connectivity index (χ0v) is 13.3. The molecule has 0 bridgehead atoms. The van der Waals surface area contributed by atoms with Gasteiger partial charge in [0, 0.05) is 31.1 Å². The Labute approximate surface area is 130 Å². The Morgan fingerprint density at radius 1 is 1.19 bits per heavy atom. The highest BCUT2D eigenvalue weighted by atomic mass is 35.5. The molecular formula is C11H14ClF3N2O2S2. The van der Waals surface area contributed by atoms with Gasteiger partial charge in [-0.15, -0.1) is 22.9 Å². The lowest BCUT2D eigenvalue weighted by atomic mass is 10.3. The van der Waals surface area contributed by atoms with Crippen LogP contribution in [0.1, 0.15) is 4.88 Å². The molecule has 0 saturated carbocycles. The normalized spacial score (nSPS) is 19.0. The third kappa shape index (κ3) is 4.32. The molecule has 1 aliphatic rings. The number of rotatable bonds is 4. The van der Waals surface area contributed by atoms with Crippen LogP contribution in [0.15, 0.2) is 16.3 Å². The van der Waals surface area contributed by atoms with Gasteiger partial charge in [0.2, 0.25) is 0 Å². The maximum absolute atomic E-state index is 12.4. The van der Waals surface area contributed by atoms with E-state index in [1.165, 1.54) is 15.3 Å². The zero-order chi connectivity index (χ0) is 15.7. The van der Waals surface area contributed by atoms with Crippen molar-refractivity contribution < 1.29 is 21.6 Å². The Hall–Kier alpha value is -0.350. The van der Waals surface area contributed by atoms with E-state index < -0.39 is 22.7 Å². The second kappa shape index (κ2) is 6.41. The number of hydrogen-bond donors (Lipinski definition) is 0. The number of nitrogens with zero attached hydrogens (tertiary/aromatic N) is 2. The Balaban J connectivity index is 2.01. The average molecular weight is 363 g/mol. The predicted octanol–water partition coefficient (Wildman–Crippen LogP) is 2.36. The summed E-state index contributed by atoms with van der Waals surface area (Å²) in [6.07, 6.45) is -4.26. The molecule has 0 unspecified atom stereocenters. The molecule has 120 valence electrons. The fourth-order valence-corrected chi connectivity index (χ4v) is 5.11. The molecule has 1 fully saturated rings. The fourth-order valence-electron chi connectivity index (χ4n) is 2.08. The van der Waals surface area contributed by atoms with E-state index in [0.29, 0.717) is 0 Å². The van der Waals surface area contributed by atoms with Crippen LogP contribution in [-0.4, -0.2) is 56.5 Å². The SMILES string of the molecule is O=S(=O)(c1ccc(CCl)s1)N1CCN(CC(F)(F)F)CC1. The minimum atomic E-state index is -4.26. The topological polar surface area (TPSA) is 40.6 Å². The third-order valence-corrected chi connectivity index (χ3v) is 6.99. The quantitative estimate of drug-likeness (QED) is 0.772. The van der Waals surface area contributed by atoms with Gasteiger partial charge >= 0.3 is 6.18 Å². The number of alkyl halides is 4. The van der Waals surface area contributed by atoms with Gasteiger partial charge in [-0.3, -0.25) is 4.90 Å². The first-order chi connectivity index (χ1) is 9.72. The Bertz CT molecular complexity index is 581. The van der Waals surface area contributed by atoms with Crippen LogP contribution >= 0.6 is 22.9 Å². The lowest BCUT2D eigenvalue weighted by Gasteiger charge is -2.33. The summed E-state index contributed by atoms with van der Waals surface area (Å²) in [7, 11) is -3.63. The third-order valence-electron chi connectivity index (χ3n) is 3.10. The van der Waals surface area contributed by atoms with Crippen molar-refractivity contribution in [3.8, 4) is 0 Å². The van der Waals surface area contributed by atoms with Crippen molar-refractivity contribution in [2.24, 2.45) is 0 Å². The molecule has 1 aromatic rings. The smallest absolute Gasteiger partial charge is 0.292 e. The van der Waals surface area contributed by atoms with Gasteiger partial charge in [0.1, 0.15) is 4.21 Å². The summed E-state index contributed by atoms with van der Waals surface area (Å²) >= 11 is 6.73. The van der Waals surface area contributed by atoms with Gasteiger partial charge in [-0.25, -0.2) is 8.42 Å². The molecule has 0 aliphatic carbocycles. The first kappa shape index (κ1) is 17.0. The van der Waals surface area contributed by atoms with Crippen molar-refractivity contribution >= 4 is 33.0 Å². The molecule has 21 heavy (non-hydrogen) atoms. The van der Waals surface area contributed by atoms with Crippen LogP contribution in [-0.2, 0) is 15.9 Å². The molecular weight excluding hydrogens is 349 g/mol. The molecule has 10 heteroatoms. The lowest BCUT2D eigenvalue weighted by Crippen LogP contribution is -2.50. The standard InChI is InChI=1S/C11H14ClF3N2O2S2/c12-7-9-1-2-10(20-9)21(18,19)17-5-3-16(4-6-17)8-11(13,14)15/h1-2H,3-8H2. The van der Waals surface area contributed by atoms with Crippen LogP contribution in [0.4, 0.5) is 13.2 Å². The van der Waals surface area contributed by atoms with E-state index in [2.05, 4.69) is 0 Å². The van der Waals surface area contributed by atoms with E-state index >= 15 is 0 Å². The zero-order valence-electron chi connectivity index (χ0n) is 10.9. The number of thiophene rings is 1. The average Bonchev–Trinajstić information content (AvgIpc) is 2.87. The highest BCUT2D eigenvalue weighted by Crippen LogP contribution is 2.27. The summed E-state index contributed by atoms with van der Waals surface area (Å²) in [6.45, 7) is -0.728. The van der Waals surface area contributed by atoms with E-state index in [0.717, 1.165) is 16.2 Å². The maximum Gasteiger partial charge on any atom is 0.401 e. The van der Waals surface area contributed by atoms with Gasteiger partial charge in [0.05, 0.1) is 12.4 Å². The maximum atomic E-state index is 12.4. The molecule has 0 radical (unpaired) electrons. The first-order valence-corrected chi connectivity index (χ1v) is 8.95. The summed E-state index contributed by atoms with van der Waals surface area (Å²) < 4.78 is 63.0. The molecule has 0 amide bonds. The molecule has 0 N–H and O–H groups in total. The molecule has 0 aromatic carbocycles. The molecule has 2 heterocycles. The number of hydrogen-bond acceptors (Lipinski definition) is 4. The number of sulfonamides is 1. The van der Waals surface area contributed by atoms with Crippen LogP contribution in [0.3, 0.4) is 0 Å². The molecule has 2 rings (SSSR count). The summed E-state index contributed by atoms with van der Waals surface area (Å²) in [6, 6.07) is 3.13. The lowest BCUT2D eigenvalue weighted by molar-refractivity contribution is -0.148. The van der Waals surface area contributed by atoms with Crippen molar-refractivity contribution in [3.05, 3.63) is 17.0 Å². The number of halogens is 4. The Morgan fingerprint density at radius 2 is 1.81 bits per heavy atom. The summed E-state index contributed by atoms with van der Waals surface area (Å²) in [5.41, 5.74) is 0. The van der Waals surface area contributed by atoms with E-state index in [1.807, 2.05) is 0 Å². The van der Waals surface area contributed by atoms with Crippen LogP contribution < -0.4 is 0 Å². The molecule has 0 atom stereocenters. The predicted molar refractivity (Wildman–Crippen MR) is 75.1 cm³/mol. The van der Waals surface area contributed by atoms with Gasteiger partial charge in [-0.2, -0.15) is 17.5 Å². The monoisotopic (exact) mass is 362 g/mol. The molecule has 4 nitrogen and oxygen atoms in total. The van der Waals surface area contributed by atoms with E-state index in [4.69, 9.17) is 11.6 Å². The van der Waals surface area contributed by atoms with Crippen molar-refractivity contribution in [2.75, 3.05) is 32.7 Å². The fraction of sp³-hybridized carbons (Fsp3) is 0.636. The second-order valence-corrected chi connectivity index (χ2v) is 8.25. The molecule has 1 aromatic heterocycles. The minimum Gasteiger partial charge on any atom is -0.292 e. The number of piperazine rings is 1. The van der Waals surface area contributed by atoms with Crippen molar-refractivity contribution in [1.29, 1.82) is 0 Å². The van der Waals surface area contributed by atoms with Crippen LogP contribution in [0.25, 0.3) is 0 Å². The Kier molecular flexibility index (Phi) is 5.19. The van der Waals surface area contributed by atoms with Crippen molar-refractivity contribution in [2.45, 2.75) is 16.3 Å². The highest BCUT2D eigenvalue weighted by molar-refractivity contribution is 7.91. The Morgan fingerprint density at radius 3 is 2.29 bits per heavy atom. The summed E-state index contributed by atoms with van der Waals surface area (Å²) in [5.74, 6) is 0.236. The van der Waals surface area contributed by atoms with E-state index in [9.17, 15) is 21.6 Å². The van der Waals surface area contributed by atoms with Crippen molar-refractivity contribution in [1.82, 2.24) is 9.21 Å². The molecule has 1 saturated heterocycles. The first-order valence-electron chi connectivity index (χ1n) is 6.16. The second-order valence-electron chi connectivity index (χ2n) is 4.65. The highest BCUT2D eigenvalue weighted by Gasteiger charge is 2.35. The van der Waals surface area contributed by atoms with E-state index in [1.54, 1.807) is 6.07 Å². The van der Waals surface area contributed by atoms with Gasteiger partial charge in [0.25, 0.3) is 10.0 Å².